The number of amides is 2. The number of sulfonamides is 1. The molecule has 2 rings (SSSR count). The SMILES string of the molecule is Cc1ccccc1CN(C(=O)CN(c1c(C)cccc1C)S(C)(=O)=O)[C@@H](C)C(=O)NCC(C)C. The number of rotatable bonds is 10. The number of benzene rings is 2. The second kappa shape index (κ2) is 11.5. The van der Waals surface area contributed by atoms with Crippen molar-refractivity contribution in [2.75, 3.05) is 23.7 Å². The summed E-state index contributed by atoms with van der Waals surface area (Å²) in [4.78, 5) is 28.0. The molecule has 8 heteroatoms. The lowest BCUT2D eigenvalue weighted by molar-refractivity contribution is -0.139. The van der Waals surface area contributed by atoms with Crippen LogP contribution in [0.25, 0.3) is 0 Å². The van der Waals surface area contributed by atoms with Crippen molar-refractivity contribution in [1.29, 1.82) is 0 Å². The number of carbonyl (C=O) groups is 2. The van der Waals surface area contributed by atoms with Crippen LogP contribution >= 0.6 is 0 Å². The van der Waals surface area contributed by atoms with Gasteiger partial charge in [0.25, 0.3) is 0 Å². The summed E-state index contributed by atoms with van der Waals surface area (Å²) < 4.78 is 26.7. The van der Waals surface area contributed by atoms with E-state index in [9.17, 15) is 18.0 Å². The Bertz CT molecular complexity index is 1110. The molecule has 186 valence electrons. The van der Waals surface area contributed by atoms with Gasteiger partial charge in [-0.1, -0.05) is 56.3 Å². The van der Waals surface area contributed by atoms with Crippen LogP contribution in [-0.2, 0) is 26.2 Å². The van der Waals surface area contributed by atoms with E-state index in [4.69, 9.17) is 0 Å². The zero-order valence-electron chi connectivity index (χ0n) is 21.3. The van der Waals surface area contributed by atoms with Crippen molar-refractivity contribution in [2.45, 2.75) is 54.1 Å². The third kappa shape index (κ3) is 7.06. The maximum Gasteiger partial charge on any atom is 0.244 e. The van der Waals surface area contributed by atoms with E-state index >= 15 is 0 Å². The molecule has 0 spiro atoms. The molecule has 7 nitrogen and oxygen atoms in total. The van der Waals surface area contributed by atoms with Gasteiger partial charge in [0, 0.05) is 13.1 Å². The molecule has 2 aromatic carbocycles. The average Bonchev–Trinajstić information content (AvgIpc) is 2.74. The Morgan fingerprint density at radius 1 is 0.912 bits per heavy atom. The highest BCUT2D eigenvalue weighted by Crippen LogP contribution is 2.27. The summed E-state index contributed by atoms with van der Waals surface area (Å²) >= 11 is 0. The highest BCUT2D eigenvalue weighted by molar-refractivity contribution is 7.92. The van der Waals surface area contributed by atoms with E-state index in [0.29, 0.717) is 12.2 Å². The topological polar surface area (TPSA) is 86.8 Å². The molecule has 0 radical (unpaired) electrons. The maximum absolute atomic E-state index is 13.6. The molecule has 0 aliphatic heterocycles. The van der Waals surface area contributed by atoms with Crippen LogP contribution in [0, 0.1) is 26.7 Å². The first-order chi connectivity index (χ1) is 15.8. The standard InChI is InChI=1S/C26H37N3O4S/c1-18(2)15-27-26(31)22(6)28(16-23-14-9-8-11-19(23)3)24(30)17-29(34(7,32)33)25-20(4)12-10-13-21(25)5/h8-14,18,22H,15-17H2,1-7H3,(H,27,31)/t22-/m0/s1. The number of aryl methyl sites for hydroxylation is 3. The number of carbonyl (C=O) groups excluding carboxylic acids is 2. The number of hydrogen-bond donors (Lipinski definition) is 1. The minimum atomic E-state index is -3.75. The van der Waals surface area contributed by atoms with Crippen LogP contribution in [0.2, 0.25) is 0 Å². The molecule has 2 amide bonds. The first-order valence-electron chi connectivity index (χ1n) is 11.5. The van der Waals surface area contributed by atoms with Gasteiger partial charge in [-0.3, -0.25) is 13.9 Å². The Labute approximate surface area is 204 Å². The summed E-state index contributed by atoms with van der Waals surface area (Å²) in [5.74, 6) is -0.446. The molecule has 0 unspecified atom stereocenters. The first kappa shape index (κ1) is 27.4. The predicted molar refractivity (Wildman–Crippen MR) is 137 cm³/mol. The summed E-state index contributed by atoms with van der Waals surface area (Å²) in [6.45, 7) is 11.6. The molecule has 0 aliphatic rings. The molecular formula is C26H37N3O4S. The molecule has 0 aliphatic carbocycles. The van der Waals surface area contributed by atoms with Crippen LogP contribution in [0.3, 0.4) is 0 Å². The van der Waals surface area contributed by atoms with Crippen LogP contribution in [0.15, 0.2) is 42.5 Å². The summed E-state index contributed by atoms with van der Waals surface area (Å²) in [7, 11) is -3.75. The fourth-order valence-electron chi connectivity index (χ4n) is 3.78. The van der Waals surface area contributed by atoms with Crippen LogP contribution in [0.4, 0.5) is 5.69 Å². The highest BCUT2D eigenvalue weighted by Gasteiger charge is 2.31. The molecule has 1 atom stereocenters. The van der Waals surface area contributed by atoms with E-state index in [1.807, 2.05) is 77.1 Å². The lowest BCUT2D eigenvalue weighted by atomic mass is 10.1. The van der Waals surface area contributed by atoms with Gasteiger partial charge in [-0.15, -0.1) is 0 Å². The van der Waals surface area contributed by atoms with E-state index in [0.717, 1.165) is 32.8 Å². The number of anilines is 1. The molecule has 0 saturated heterocycles. The van der Waals surface area contributed by atoms with Crippen LogP contribution < -0.4 is 9.62 Å². The molecule has 0 heterocycles. The monoisotopic (exact) mass is 487 g/mol. The second-order valence-corrected chi connectivity index (χ2v) is 11.2. The van der Waals surface area contributed by atoms with E-state index in [2.05, 4.69) is 5.32 Å². The van der Waals surface area contributed by atoms with Crippen LogP contribution in [0.1, 0.15) is 43.0 Å². The minimum Gasteiger partial charge on any atom is -0.354 e. The summed E-state index contributed by atoms with van der Waals surface area (Å²) in [6.07, 6.45) is 1.09. The summed E-state index contributed by atoms with van der Waals surface area (Å²) in [5, 5.41) is 2.89. The van der Waals surface area contributed by atoms with Crippen molar-refractivity contribution in [2.24, 2.45) is 5.92 Å². The largest absolute Gasteiger partial charge is 0.354 e. The van der Waals surface area contributed by atoms with Gasteiger partial charge in [-0.2, -0.15) is 0 Å². The molecule has 0 saturated carbocycles. The molecule has 1 N–H and O–H groups in total. The van der Waals surface area contributed by atoms with Gasteiger partial charge in [-0.05, 0) is 55.9 Å². The average molecular weight is 488 g/mol. The van der Waals surface area contributed by atoms with Crippen molar-refractivity contribution in [3.05, 3.63) is 64.7 Å². The highest BCUT2D eigenvalue weighted by atomic mass is 32.2. The van der Waals surface area contributed by atoms with Gasteiger partial charge in [0.2, 0.25) is 21.8 Å². The van der Waals surface area contributed by atoms with E-state index in [-0.39, 0.29) is 18.4 Å². The van der Waals surface area contributed by atoms with Crippen molar-refractivity contribution in [1.82, 2.24) is 10.2 Å². The van der Waals surface area contributed by atoms with Crippen LogP contribution in [0.5, 0.6) is 0 Å². The zero-order chi connectivity index (χ0) is 25.6. The fraction of sp³-hybridized carbons (Fsp3) is 0.462. The third-order valence-electron chi connectivity index (χ3n) is 5.82. The fourth-order valence-corrected chi connectivity index (χ4v) is 4.75. The van der Waals surface area contributed by atoms with Gasteiger partial charge in [0.15, 0.2) is 0 Å². The van der Waals surface area contributed by atoms with Crippen molar-refractivity contribution in [3.8, 4) is 0 Å². The number of para-hydroxylation sites is 1. The number of nitrogens with zero attached hydrogens (tertiary/aromatic N) is 2. The van der Waals surface area contributed by atoms with Crippen molar-refractivity contribution < 1.29 is 18.0 Å². The van der Waals surface area contributed by atoms with Crippen LogP contribution in [-0.4, -0.2) is 50.5 Å². The molecule has 0 bridgehead atoms. The predicted octanol–water partition coefficient (Wildman–Crippen LogP) is 3.57. The Morgan fingerprint density at radius 3 is 2.00 bits per heavy atom. The van der Waals surface area contributed by atoms with Crippen molar-refractivity contribution >= 4 is 27.5 Å². The quantitative estimate of drug-likeness (QED) is 0.555. The van der Waals surface area contributed by atoms with E-state index < -0.39 is 28.5 Å². The molecule has 34 heavy (non-hydrogen) atoms. The smallest absolute Gasteiger partial charge is 0.244 e. The van der Waals surface area contributed by atoms with Gasteiger partial charge < -0.3 is 10.2 Å². The molecule has 0 aromatic heterocycles. The normalized spacial score (nSPS) is 12.4. The van der Waals surface area contributed by atoms with Gasteiger partial charge >= 0.3 is 0 Å². The Balaban J connectivity index is 2.44. The summed E-state index contributed by atoms with van der Waals surface area (Å²) in [6, 6.07) is 12.4. The number of hydrogen-bond acceptors (Lipinski definition) is 4. The summed E-state index contributed by atoms with van der Waals surface area (Å²) in [5.41, 5.74) is 3.89. The van der Waals surface area contributed by atoms with E-state index in [1.54, 1.807) is 6.92 Å². The van der Waals surface area contributed by atoms with Gasteiger partial charge in [0.05, 0.1) is 11.9 Å². The Hall–Kier alpha value is -2.87. The van der Waals surface area contributed by atoms with Gasteiger partial charge in [0.1, 0.15) is 12.6 Å². The lowest BCUT2D eigenvalue weighted by Gasteiger charge is -2.32. The number of nitrogens with one attached hydrogen (secondary N) is 1. The van der Waals surface area contributed by atoms with Crippen molar-refractivity contribution in [3.63, 3.8) is 0 Å². The van der Waals surface area contributed by atoms with E-state index in [1.165, 1.54) is 4.90 Å². The Morgan fingerprint density at radius 2 is 1.47 bits per heavy atom. The first-order valence-corrected chi connectivity index (χ1v) is 13.3. The maximum atomic E-state index is 13.6. The molecular weight excluding hydrogens is 450 g/mol. The van der Waals surface area contributed by atoms with Gasteiger partial charge in [-0.25, -0.2) is 8.42 Å². The third-order valence-corrected chi connectivity index (χ3v) is 6.93. The minimum absolute atomic E-state index is 0.201. The zero-order valence-corrected chi connectivity index (χ0v) is 22.1. The second-order valence-electron chi connectivity index (χ2n) is 9.27. The Kier molecular flexibility index (Phi) is 9.27. The lowest BCUT2D eigenvalue weighted by Crippen LogP contribution is -2.51. The molecule has 2 aromatic rings. The molecule has 0 fully saturated rings.